The fourth-order valence-electron chi connectivity index (χ4n) is 2.41. The summed E-state index contributed by atoms with van der Waals surface area (Å²) < 4.78 is 5.37. The summed E-state index contributed by atoms with van der Waals surface area (Å²) in [5.41, 5.74) is 2.04. The Bertz CT molecular complexity index is 462. The number of piperidine rings is 1. The molecule has 102 valence electrons. The third kappa shape index (κ3) is 3.58. The minimum absolute atomic E-state index is 0.345. The molecule has 1 saturated heterocycles. The second kappa shape index (κ2) is 6.38. The van der Waals surface area contributed by atoms with Crippen molar-refractivity contribution in [2.24, 2.45) is 0 Å². The van der Waals surface area contributed by atoms with Crippen LogP contribution in [0.15, 0.2) is 30.3 Å². The summed E-state index contributed by atoms with van der Waals surface area (Å²) in [6.45, 7) is 1.88. The molecule has 0 bridgehead atoms. The summed E-state index contributed by atoms with van der Waals surface area (Å²) in [6, 6.07) is 7.88. The first-order chi connectivity index (χ1) is 9.20. The Labute approximate surface area is 113 Å². The lowest BCUT2D eigenvalue weighted by molar-refractivity contribution is -0.131. The molecule has 0 aliphatic carbocycles. The second-order valence-electron chi connectivity index (χ2n) is 4.65. The van der Waals surface area contributed by atoms with Crippen LogP contribution in [0.5, 0.6) is 0 Å². The number of methoxy groups -OCH3 is 1. The Morgan fingerprint density at radius 1 is 1.37 bits per heavy atom. The largest absolute Gasteiger partial charge is 0.478 e. The molecule has 19 heavy (non-hydrogen) atoms. The van der Waals surface area contributed by atoms with Crippen LogP contribution < -0.4 is 4.90 Å². The van der Waals surface area contributed by atoms with E-state index in [0.29, 0.717) is 6.10 Å². The van der Waals surface area contributed by atoms with E-state index in [0.717, 1.165) is 37.2 Å². The second-order valence-corrected chi connectivity index (χ2v) is 4.65. The molecule has 0 aromatic heterocycles. The molecule has 4 heteroatoms. The normalized spacial score (nSPS) is 17.0. The summed E-state index contributed by atoms with van der Waals surface area (Å²) >= 11 is 0. The van der Waals surface area contributed by atoms with Crippen molar-refractivity contribution in [1.29, 1.82) is 0 Å². The number of ether oxygens (including phenoxy) is 1. The minimum atomic E-state index is -0.923. The van der Waals surface area contributed by atoms with Crippen molar-refractivity contribution in [1.82, 2.24) is 0 Å². The van der Waals surface area contributed by atoms with Crippen LogP contribution in [0.1, 0.15) is 18.4 Å². The van der Waals surface area contributed by atoms with E-state index in [1.807, 2.05) is 24.3 Å². The zero-order chi connectivity index (χ0) is 13.7. The van der Waals surface area contributed by atoms with Crippen LogP contribution in [-0.4, -0.2) is 37.4 Å². The van der Waals surface area contributed by atoms with Crippen LogP contribution in [-0.2, 0) is 9.53 Å². The molecule has 1 fully saturated rings. The van der Waals surface area contributed by atoms with Gasteiger partial charge in [0.15, 0.2) is 0 Å². The van der Waals surface area contributed by atoms with Gasteiger partial charge in [0.25, 0.3) is 0 Å². The van der Waals surface area contributed by atoms with Crippen molar-refractivity contribution in [2.45, 2.75) is 18.9 Å². The summed E-state index contributed by atoms with van der Waals surface area (Å²) in [5, 5.41) is 8.73. The molecule has 0 spiro atoms. The maximum absolute atomic E-state index is 10.6. The van der Waals surface area contributed by atoms with Crippen molar-refractivity contribution in [3.63, 3.8) is 0 Å². The van der Waals surface area contributed by atoms with E-state index >= 15 is 0 Å². The lowest BCUT2D eigenvalue weighted by atomic mass is 10.0. The molecule has 1 aliphatic rings. The Morgan fingerprint density at radius 3 is 2.68 bits per heavy atom. The van der Waals surface area contributed by atoms with Gasteiger partial charge in [-0.05, 0) is 30.5 Å². The molecule has 0 atom stereocenters. The average Bonchev–Trinajstić information content (AvgIpc) is 2.45. The zero-order valence-electron chi connectivity index (χ0n) is 11.1. The lowest BCUT2D eigenvalue weighted by Crippen LogP contribution is -2.36. The first kappa shape index (κ1) is 13.6. The van der Waals surface area contributed by atoms with Crippen molar-refractivity contribution in [3.8, 4) is 0 Å². The minimum Gasteiger partial charge on any atom is -0.478 e. The molecule has 0 radical (unpaired) electrons. The molecule has 4 nitrogen and oxygen atoms in total. The number of hydrogen-bond donors (Lipinski definition) is 1. The summed E-state index contributed by atoms with van der Waals surface area (Å²) in [4.78, 5) is 12.9. The van der Waals surface area contributed by atoms with E-state index in [1.165, 1.54) is 6.08 Å². The van der Waals surface area contributed by atoms with Crippen molar-refractivity contribution in [3.05, 3.63) is 35.9 Å². The third-order valence-corrected chi connectivity index (χ3v) is 3.46. The van der Waals surface area contributed by atoms with Gasteiger partial charge in [-0.1, -0.05) is 18.2 Å². The fourth-order valence-corrected chi connectivity index (χ4v) is 2.41. The molecule has 1 aromatic carbocycles. The third-order valence-electron chi connectivity index (χ3n) is 3.46. The fraction of sp³-hybridized carbons (Fsp3) is 0.400. The van der Waals surface area contributed by atoms with E-state index < -0.39 is 5.97 Å². The van der Waals surface area contributed by atoms with Crippen molar-refractivity contribution >= 4 is 17.7 Å². The van der Waals surface area contributed by atoms with Gasteiger partial charge in [-0.2, -0.15) is 0 Å². The maximum atomic E-state index is 10.6. The standard InChI is InChI=1S/C15H19NO3/c1-19-13-8-10-16(11-9-13)14-5-3-2-4-12(14)6-7-15(17)18/h2-7,13H,8-11H2,1H3,(H,17,18). The number of carboxylic acids is 1. The monoisotopic (exact) mass is 261 g/mol. The quantitative estimate of drug-likeness (QED) is 0.846. The molecule has 1 N–H and O–H groups in total. The predicted molar refractivity (Wildman–Crippen MR) is 75.4 cm³/mol. The maximum Gasteiger partial charge on any atom is 0.328 e. The molecule has 1 heterocycles. The van der Waals surface area contributed by atoms with Gasteiger partial charge in [0.1, 0.15) is 0 Å². The molecule has 0 unspecified atom stereocenters. The molecule has 1 aromatic rings. The van der Waals surface area contributed by atoms with Crippen LogP contribution in [0.2, 0.25) is 0 Å². The van der Waals surface area contributed by atoms with Gasteiger partial charge in [0.2, 0.25) is 0 Å². The molecular weight excluding hydrogens is 242 g/mol. The van der Waals surface area contributed by atoms with Gasteiger partial charge < -0.3 is 14.7 Å². The highest BCUT2D eigenvalue weighted by Gasteiger charge is 2.19. The summed E-state index contributed by atoms with van der Waals surface area (Å²) in [7, 11) is 1.75. The Hall–Kier alpha value is -1.81. The molecule has 1 aliphatic heterocycles. The van der Waals surface area contributed by atoms with Crippen LogP contribution in [0.4, 0.5) is 5.69 Å². The molecular formula is C15H19NO3. The highest BCUT2D eigenvalue weighted by Crippen LogP contribution is 2.25. The number of rotatable bonds is 4. The van der Waals surface area contributed by atoms with E-state index in [1.54, 1.807) is 13.2 Å². The number of carbonyl (C=O) groups is 1. The predicted octanol–water partition coefficient (Wildman–Crippen LogP) is 2.40. The topological polar surface area (TPSA) is 49.8 Å². The van der Waals surface area contributed by atoms with Gasteiger partial charge in [0, 0.05) is 32.0 Å². The van der Waals surface area contributed by atoms with Crippen molar-refractivity contribution in [2.75, 3.05) is 25.1 Å². The number of para-hydroxylation sites is 1. The number of aliphatic carboxylic acids is 1. The van der Waals surface area contributed by atoms with Crippen molar-refractivity contribution < 1.29 is 14.6 Å². The van der Waals surface area contributed by atoms with E-state index in [-0.39, 0.29) is 0 Å². The van der Waals surface area contributed by atoms with Gasteiger partial charge in [0.05, 0.1) is 6.10 Å². The average molecular weight is 261 g/mol. The molecule has 0 amide bonds. The molecule has 2 rings (SSSR count). The first-order valence-corrected chi connectivity index (χ1v) is 6.48. The lowest BCUT2D eigenvalue weighted by Gasteiger charge is -2.33. The van der Waals surface area contributed by atoms with Crippen LogP contribution in [0.3, 0.4) is 0 Å². The number of benzene rings is 1. The van der Waals surface area contributed by atoms with Crippen LogP contribution >= 0.6 is 0 Å². The van der Waals surface area contributed by atoms with Gasteiger partial charge in [-0.15, -0.1) is 0 Å². The van der Waals surface area contributed by atoms with E-state index in [9.17, 15) is 4.79 Å². The number of anilines is 1. The van der Waals surface area contributed by atoms with Crippen LogP contribution in [0, 0.1) is 0 Å². The zero-order valence-corrected chi connectivity index (χ0v) is 11.1. The summed E-state index contributed by atoms with van der Waals surface area (Å²) in [6.07, 6.45) is 5.19. The number of carboxylic acid groups (broad SMARTS) is 1. The highest BCUT2D eigenvalue weighted by molar-refractivity contribution is 5.87. The number of nitrogens with zero attached hydrogens (tertiary/aromatic N) is 1. The van der Waals surface area contributed by atoms with E-state index in [4.69, 9.17) is 9.84 Å². The first-order valence-electron chi connectivity index (χ1n) is 6.48. The number of hydrogen-bond acceptors (Lipinski definition) is 3. The Morgan fingerprint density at radius 2 is 2.05 bits per heavy atom. The van der Waals surface area contributed by atoms with Gasteiger partial charge in [-0.25, -0.2) is 4.79 Å². The Kier molecular flexibility index (Phi) is 4.58. The smallest absolute Gasteiger partial charge is 0.328 e. The van der Waals surface area contributed by atoms with Crippen LogP contribution in [0.25, 0.3) is 6.08 Å². The highest BCUT2D eigenvalue weighted by atomic mass is 16.5. The Balaban J connectivity index is 2.14. The SMILES string of the molecule is COC1CCN(c2ccccc2C=CC(=O)O)CC1. The van der Waals surface area contributed by atoms with E-state index in [2.05, 4.69) is 4.90 Å². The molecule has 0 saturated carbocycles. The summed E-state index contributed by atoms with van der Waals surface area (Å²) in [5.74, 6) is -0.923. The van der Waals surface area contributed by atoms with Gasteiger partial charge in [-0.3, -0.25) is 0 Å². The van der Waals surface area contributed by atoms with Gasteiger partial charge >= 0.3 is 5.97 Å².